The van der Waals surface area contributed by atoms with E-state index in [1.165, 1.54) is 16.2 Å². The number of aliphatic hydroxyl groups is 1. The molecule has 6 nitrogen and oxygen atoms in total. The maximum absolute atomic E-state index is 13.4. The van der Waals surface area contributed by atoms with E-state index in [0.29, 0.717) is 11.3 Å². The molecule has 0 radical (unpaired) electrons. The summed E-state index contributed by atoms with van der Waals surface area (Å²) in [5, 5.41) is 13.4. The molecule has 1 N–H and O–H groups in total. The highest BCUT2D eigenvalue weighted by Gasteiger charge is 2.47. The average Bonchev–Trinajstić information content (AvgIpc) is 3.45. The van der Waals surface area contributed by atoms with Gasteiger partial charge in [0.05, 0.1) is 12.7 Å². The fourth-order valence-corrected chi connectivity index (χ4v) is 5.28. The second kappa shape index (κ2) is 9.58. The highest BCUT2D eigenvalue weighted by atomic mass is 32.1. The number of Topliss-reactive ketones (excluding diaryl/α,β-unsaturated/α-hetero) is 1. The van der Waals surface area contributed by atoms with Crippen LogP contribution in [0.1, 0.15) is 47.4 Å². The van der Waals surface area contributed by atoms with Gasteiger partial charge >= 0.3 is 0 Å². The highest BCUT2D eigenvalue weighted by Crippen LogP contribution is 2.44. The Hall–Kier alpha value is -3.58. The number of hydrogen-bond donors (Lipinski definition) is 1. The van der Waals surface area contributed by atoms with Gasteiger partial charge in [-0.15, -0.1) is 11.3 Å². The van der Waals surface area contributed by atoms with Crippen molar-refractivity contribution in [3.8, 4) is 5.75 Å². The molecule has 1 saturated heterocycles. The number of aliphatic hydroxyl groups excluding tert-OH is 1. The van der Waals surface area contributed by atoms with E-state index in [2.05, 4.69) is 0 Å². The zero-order valence-corrected chi connectivity index (χ0v) is 21.6. The van der Waals surface area contributed by atoms with Gasteiger partial charge in [-0.1, -0.05) is 19.9 Å². The maximum Gasteiger partial charge on any atom is 0.300 e. The fourth-order valence-electron chi connectivity index (χ4n) is 4.45. The number of ketones is 1. The van der Waals surface area contributed by atoms with Crippen LogP contribution in [0.2, 0.25) is 0 Å². The quantitative estimate of drug-likeness (QED) is 0.265. The molecule has 4 rings (SSSR count). The first-order chi connectivity index (χ1) is 16.6. The lowest BCUT2D eigenvalue weighted by Crippen LogP contribution is -2.29. The molecule has 1 aromatic heterocycles. The fraction of sp³-hybridized carbons (Fsp3) is 0.286. The van der Waals surface area contributed by atoms with Gasteiger partial charge < -0.3 is 14.7 Å². The van der Waals surface area contributed by atoms with Crippen molar-refractivity contribution in [2.75, 3.05) is 31.0 Å². The van der Waals surface area contributed by atoms with E-state index in [0.717, 1.165) is 27.4 Å². The number of carbonyl (C=O) groups excluding carboxylic acids is 2. The molecule has 1 unspecified atom stereocenters. The first kappa shape index (κ1) is 24.5. The third-order valence-electron chi connectivity index (χ3n) is 6.36. The Morgan fingerprint density at radius 2 is 1.80 bits per heavy atom. The van der Waals surface area contributed by atoms with Crippen molar-refractivity contribution >= 4 is 40.2 Å². The predicted octanol–water partition coefficient (Wildman–Crippen LogP) is 5.88. The lowest BCUT2D eigenvalue weighted by atomic mass is 9.92. The summed E-state index contributed by atoms with van der Waals surface area (Å²) < 4.78 is 5.54. The number of carbonyl (C=O) groups is 2. The first-order valence-corrected chi connectivity index (χ1v) is 12.3. The van der Waals surface area contributed by atoms with E-state index in [1.807, 2.05) is 93.7 Å². The summed E-state index contributed by atoms with van der Waals surface area (Å²) in [5.74, 6) is -0.652. The molecule has 1 aliphatic rings. The van der Waals surface area contributed by atoms with Crippen LogP contribution in [-0.2, 0) is 9.59 Å². The molecule has 0 bridgehead atoms. The third kappa shape index (κ3) is 4.32. The number of aryl methyl sites for hydroxylation is 1. The highest BCUT2D eigenvalue weighted by molar-refractivity contribution is 7.10. The third-order valence-corrected chi connectivity index (χ3v) is 7.28. The van der Waals surface area contributed by atoms with Crippen molar-refractivity contribution in [2.45, 2.75) is 32.7 Å². The minimum absolute atomic E-state index is 0.0945. The zero-order chi connectivity index (χ0) is 25.4. The van der Waals surface area contributed by atoms with Gasteiger partial charge in [0.1, 0.15) is 17.6 Å². The number of thiophene rings is 1. The van der Waals surface area contributed by atoms with Crippen LogP contribution in [0, 0.1) is 6.92 Å². The Kier molecular flexibility index (Phi) is 6.72. The average molecular weight is 491 g/mol. The number of ether oxygens (including phenoxy) is 1. The predicted molar refractivity (Wildman–Crippen MR) is 142 cm³/mol. The molecule has 2 heterocycles. The second-order valence-corrected chi connectivity index (χ2v) is 10.1. The van der Waals surface area contributed by atoms with Crippen LogP contribution < -0.4 is 14.5 Å². The van der Waals surface area contributed by atoms with Crippen LogP contribution in [-0.4, -0.2) is 38.0 Å². The number of methoxy groups -OCH3 is 1. The van der Waals surface area contributed by atoms with Crippen molar-refractivity contribution in [1.82, 2.24) is 0 Å². The Bertz CT molecular complexity index is 1290. The van der Waals surface area contributed by atoms with Crippen LogP contribution in [0.25, 0.3) is 5.76 Å². The molecule has 3 aromatic rings. The smallest absolute Gasteiger partial charge is 0.300 e. The Balaban J connectivity index is 1.92. The molecule has 0 saturated carbocycles. The largest absolute Gasteiger partial charge is 0.507 e. The van der Waals surface area contributed by atoms with E-state index >= 15 is 0 Å². The van der Waals surface area contributed by atoms with E-state index in [9.17, 15) is 14.7 Å². The molecule has 0 aliphatic carbocycles. The standard InChI is InChI=1S/C28H30N2O4S/c1-16(2)20-15-21(17(3)14-22(20)34-6)26(31)24-25(23-8-7-13-35-23)30(28(33)27(24)32)19-11-9-18(10-12-19)29(4)5/h7-16,25,31H,1-6H3/b26-24+. The molecule has 1 amide bonds. The number of amides is 1. The summed E-state index contributed by atoms with van der Waals surface area (Å²) in [4.78, 5) is 31.0. The Labute approximate surface area is 210 Å². The van der Waals surface area contributed by atoms with Crippen molar-refractivity contribution in [2.24, 2.45) is 0 Å². The van der Waals surface area contributed by atoms with E-state index in [4.69, 9.17) is 4.74 Å². The normalized spacial score (nSPS) is 17.3. The monoisotopic (exact) mass is 490 g/mol. The van der Waals surface area contributed by atoms with Crippen molar-refractivity contribution in [3.05, 3.63) is 81.1 Å². The van der Waals surface area contributed by atoms with Crippen molar-refractivity contribution in [1.29, 1.82) is 0 Å². The summed E-state index contributed by atoms with van der Waals surface area (Å²) >= 11 is 1.45. The lowest BCUT2D eigenvalue weighted by molar-refractivity contribution is -0.132. The van der Waals surface area contributed by atoms with E-state index in [1.54, 1.807) is 7.11 Å². The summed E-state index contributed by atoms with van der Waals surface area (Å²) in [6, 6.07) is 14.2. The molecule has 2 aromatic carbocycles. The van der Waals surface area contributed by atoms with Crippen LogP contribution >= 0.6 is 11.3 Å². The number of rotatable bonds is 6. The molecule has 1 fully saturated rings. The van der Waals surface area contributed by atoms with E-state index in [-0.39, 0.29) is 17.3 Å². The topological polar surface area (TPSA) is 70.1 Å². The molecule has 7 heteroatoms. The zero-order valence-electron chi connectivity index (χ0n) is 20.8. The van der Waals surface area contributed by atoms with Gasteiger partial charge in [0.15, 0.2) is 0 Å². The van der Waals surface area contributed by atoms with Crippen LogP contribution in [0.4, 0.5) is 11.4 Å². The molecule has 35 heavy (non-hydrogen) atoms. The molecular weight excluding hydrogens is 460 g/mol. The molecule has 1 atom stereocenters. The van der Waals surface area contributed by atoms with Gasteiger partial charge in [0.25, 0.3) is 11.7 Å². The summed E-state index contributed by atoms with van der Waals surface area (Å²) in [5.41, 5.74) is 3.88. The molecule has 182 valence electrons. The lowest BCUT2D eigenvalue weighted by Gasteiger charge is -2.25. The Morgan fingerprint density at radius 3 is 2.34 bits per heavy atom. The van der Waals surface area contributed by atoms with Crippen LogP contribution in [0.3, 0.4) is 0 Å². The number of nitrogens with zero attached hydrogens (tertiary/aromatic N) is 2. The van der Waals surface area contributed by atoms with Gasteiger partial charge in [-0.2, -0.15) is 0 Å². The second-order valence-electron chi connectivity index (χ2n) is 9.16. The summed E-state index contributed by atoms with van der Waals surface area (Å²) in [6.07, 6.45) is 0. The molecule has 1 aliphatic heterocycles. The summed E-state index contributed by atoms with van der Waals surface area (Å²) in [7, 11) is 5.50. The van der Waals surface area contributed by atoms with Crippen molar-refractivity contribution < 1.29 is 19.4 Å². The SMILES string of the molecule is COc1cc(C)c(/C(O)=C2\C(=O)C(=O)N(c3ccc(N(C)C)cc3)C2c2cccs2)cc1C(C)C. The molecular formula is C28H30N2O4S. The van der Waals surface area contributed by atoms with Crippen molar-refractivity contribution in [3.63, 3.8) is 0 Å². The van der Waals surface area contributed by atoms with Gasteiger partial charge in [0.2, 0.25) is 0 Å². The number of benzene rings is 2. The maximum atomic E-state index is 13.4. The van der Waals surface area contributed by atoms with Crippen LogP contribution in [0.5, 0.6) is 5.75 Å². The summed E-state index contributed by atoms with van der Waals surface area (Å²) in [6.45, 7) is 5.94. The van der Waals surface area contributed by atoms with Crippen LogP contribution in [0.15, 0.2) is 59.5 Å². The van der Waals surface area contributed by atoms with Gasteiger partial charge in [0, 0.05) is 35.9 Å². The van der Waals surface area contributed by atoms with E-state index < -0.39 is 17.7 Å². The van der Waals surface area contributed by atoms with Gasteiger partial charge in [-0.3, -0.25) is 14.5 Å². The first-order valence-electron chi connectivity index (χ1n) is 11.5. The molecule has 0 spiro atoms. The Morgan fingerprint density at radius 1 is 1.11 bits per heavy atom. The number of anilines is 2. The number of hydrogen-bond acceptors (Lipinski definition) is 6. The van der Waals surface area contributed by atoms with Gasteiger partial charge in [-0.05, 0) is 71.8 Å². The minimum atomic E-state index is -0.718. The van der Waals surface area contributed by atoms with Gasteiger partial charge in [-0.25, -0.2) is 0 Å². The minimum Gasteiger partial charge on any atom is -0.507 e.